The summed E-state index contributed by atoms with van der Waals surface area (Å²) in [6.07, 6.45) is 4.19. The van der Waals surface area contributed by atoms with Crippen molar-refractivity contribution in [1.82, 2.24) is 4.31 Å². The summed E-state index contributed by atoms with van der Waals surface area (Å²) in [5.41, 5.74) is 0.732. The third kappa shape index (κ3) is 2.44. The molecule has 1 saturated heterocycles. The van der Waals surface area contributed by atoms with Crippen LogP contribution in [0, 0.1) is 19.3 Å². The molecule has 1 fully saturated rings. The Morgan fingerprint density at radius 3 is 2.29 bits per heavy atom. The first-order valence-corrected chi connectivity index (χ1v) is 9.08. The lowest BCUT2D eigenvalue weighted by atomic mass is 9.96. The second kappa shape index (κ2) is 5.75. The van der Waals surface area contributed by atoms with Crippen LogP contribution in [0.4, 0.5) is 0 Å². The Bertz CT molecular complexity index is 884. The van der Waals surface area contributed by atoms with E-state index in [4.69, 9.17) is 6.42 Å². The number of nitrogens with zero attached hydrogens (tertiary/aromatic N) is 1. The number of hydrogen-bond acceptors (Lipinski definition) is 3. The Kier molecular flexibility index (Phi) is 4.00. The Morgan fingerprint density at radius 1 is 1.17 bits per heavy atom. The van der Waals surface area contributed by atoms with E-state index in [9.17, 15) is 13.5 Å². The number of aryl methyl sites for hydroxylation is 1. The van der Waals surface area contributed by atoms with E-state index in [0.29, 0.717) is 0 Å². The van der Waals surface area contributed by atoms with Crippen molar-refractivity contribution in [3.05, 3.63) is 65.7 Å². The van der Waals surface area contributed by atoms with Gasteiger partial charge < -0.3 is 5.11 Å². The molecule has 1 aliphatic heterocycles. The van der Waals surface area contributed by atoms with Gasteiger partial charge in [0.2, 0.25) is 10.0 Å². The molecule has 0 aromatic heterocycles. The van der Waals surface area contributed by atoms with Crippen LogP contribution in [0.1, 0.15) is 24.1 Å². The zero-order valence-electron chi connectivity index (χ0n) is 13.5. The molecule has 0 spiro atoms. The largest absolute Gasteiger partial charge is 0.378 e. The maximum atomic E-state index is 13.1. The second-order valence-electron chi connectivity index (χ2n) is 6.22. The van der Waals surface area contributed by atoms with E-state index in [1.54, 1.807) is 31.2 Å². The summed E-state index contributed by atoms with van der Waals surface area (Å²) < 4.78 is 27.5. The topological polar surface area (TPSA) is 57.4 Å². The van der Waals surface area contributed by atoms with E-state index in [2.05, 4.69) is 5.92 Å². The number of benzene rings is 2. The monoisotopic (exact) mass is 341 g/mol. The standard InChI is InChI=1S/C19H19NO3S/c1-4-17(21)19(3)18(15-8-6-5-7-9-15)20(19)24(22,23)16-12-10-14(2)11-13-16/h1,5-13,17-18,21H,2-3H3/t17-,18+,19-,20?/m0/s1. The first-order valence-electron chi connectivity index (χ1n) is 7.64. The Morgan fingerprint density at radius 2 is 1.75 bits per heavy atom. The van der Waals surface area contributed by atoms with Crippen LogP contribution in [0.5, 0.6) is 0 Å². The first-order chi connectivity index (χ1) is 11.3. The van der Waals surface area contributed by atoms with Crippen molar-refractivity contribution >= 4 is 10.0 Å². The predicted molar refractivity (Wildman–Crippen MR) is 92.6 cm³/mol. The fraction of sp³-hybridized carbons (Fsp3) is 0.263. The van der Waals surface area contributed by atoms with Gasteiger partial charge in [0, 0.05) is 0 Å². The van der Waals surface area contributed by atoms with E-state index in [1.807, 2.05) is 37.3 Å². The summed E-state index contributed by atoms with van der Waals surface area (Å²) in [6.45, 7) is 3.58. The molecule has 1 N–H and O–H groups in total. The van der Waals surface area contributed by atoms with Crippen molar-refractivity contribution in [3.63, 3.8) is 0 Å². The lowest BCUT2D eigenvalue weighted by Gasteiger charge is -2.14. The zero-order valence-corrected chi connectivity index (χ0v) is 14.4. The number of terminal acetylenes is 1. The van der Waals surface area contributed by atoms with Crippen molar-refractivity contribution in [2.45, 2.75) is 36.4 Å². The molecule has 4 nitrogen and oxygen atoms in total. The third-order valence-corrected chi connectivity index (χ3v) is 6.59. The highest BCUT2D eigenvalue weighted by atomic mass is 32.2. The molecular formula is C19H19NO3S. The average molecular weight is 341 g/mol. The summed E-state index contributed by atoms with van der Waals surface area (Å²) in [5, 5.41) is 10.3. The molecule has 3 rings (SSSR count). The van der Waals surface area contributed by atoms with Gasteiger partial charge in [-0.15, -0.1) is 6.42 Å². The van der Waals surface area contributed by atoms with Crippen molar-refractivity contribution < 1.29 is 13.5 Å². The fourth-order valence-electron chi connectivity index (χ4n) is 3.14. The van der Waals surface area contributed by atoms with Crippen LogP contribution in [-0.2, 0) is 10.0 Å². The van der Waals surface area contributed by atoms with Crippen LogP contribution in [0.15, 0.2) is 59.5 Å². The van der Waals surface area contributed by atoms with Crippen LogP contribution >= 0.6 is 0 Å². The third-order valence-electron chi connectivity index (χ3n) is 4.60. The van der Waals surface area contributed by atoms with Gasteiger partial charge in [-0.05, 0) is 31.5 Å². The van der Waals surface area contributed by atoms with Crippen LogP contribution < -0.4 is 0 Å². The molecule has 2 aromatic rings. The van der Waals surface area contributed by atoms with Crippen LogP contribution in [0.3, 0.4) is 0 Å². The van der Waals surface area contributed by atoms with E-state index in [0.717, 1.165) is 11.1 Å². The molecule has 0 saturated carbocycles. The Balaban J connectivity index is 2.08. The maximum absolute atomic E-state index is 13.1. The van der Waals surface area contributed by atoms with Gasteiger partial charge in [0.05, 0.1) is 16.5 Å². The van der Waals surface area contributed by atoms with Crippen molar-refractivity contribution in [1.29, 1.82) is 0 Å². The van der Waals surface area contributed by atoms with Gasteiger partial charge in [-0.2, -0.15) is 4.31 Å². The van der Waals surface area contributed by atoms with Gasteiger partial charge in [0.1, 0.15) is 6.10 Å². The fourth-order valence-corrected chi connectivity index (χ4v) is 5.13. The van der Waals surface area contributed by atoms with Gasteiger partial charge in [-0.3, -0.25) is 0 Å². The van der Waals surface area contributed by atoms with E-state index in [1.165, 1.54) is 4.31 Å². The lowest BCUT2D eigenvalue weighted by molar-refractivity contribution is 0.178. The Labute approximate surface area is 142 Å². The second-order valence-corrected chi connectivity index (χ2v) is 8.04. The first kappa shape index (κ1) is 16.7. The highest BCUT2D eigenvalue weighted by molar-refractivity contribution is 7.89. The molecule has 0 aliphatic carbocycles. The van der Waals surface area contributed by atoms with Gasteiger partial charge in [-0.25, -0.2) is 8.42 Å². The summed E-state index contributed by atoms with van der Waals surface area (Å²) >= 11 is 0. The van der Waals surface area contributed by atoms with Crippen molar-refractivity contribution in [2.75, 3.05) is 0 Å². The highest BCUT2D eigenvalue weighted by Crippen LogP contribution is 2.58. The van der Waals surface area contributed by atoms with Crippen LogP contribution in [0.2, 0.25) is 0 Å². The molecule has 0 amide bonds. The molecule has 4 atom stereocenters. The van der Waals surface area contributed by atoms with Gasteiger partial charge in [0.15, 0.2) is 0 Å². The van der Waals surface area contributed by atoms with Crippen LogP contribution in [-0.4, -0.2) is 29.5 Å². The minimum Gasteiger partial charge on any atom is -0.378 e. The minimum absolute atomic E-state index is 0.196. The molecule has 1 heterocycles. The number of aliphatic hydroxyl groups excluding tert-OH is 1. The van der Waals surface area contributed by atoms with Crippen LogP contribution in [0.25, 0.3) is 0 Å². The summed E-state index contributed by atoms with van der Waals surface area (Å²) in [6, 6.07) is 15.4. The molecule has 24 heavy (non-hydrogen) atoms. The Hall–Kier alpha value is -2.13. The molecule has 1 aliphatic rings. The molecule has 2 aromatic carbocycles. The van der Waals surface area contributed by atoms with E-state index in [-0.39, 0.29) is 4.90 Å². The average Bonchev–Trinajstić information content (AvgIpc) is 3.23. The minimum atomic E-state index is -3.76. The quantitative estimate of drug-likeness (QED) is 0.687. The lowest BCUT2D eigenvalue weighted by Crippen LogP contribution is -2.32. The number of sulfonamides is 1. The summed E-state index contributed by atoms with van der Waals surface area (Å²) in [7, 11) is -3.76. The number of aliphatic hydroxyl groups is 1. The molecule has 0 bridgehead atoms. The van der Waals surface area contributed by atoms with E-state index < -0.39 is 27.7 Å². The maximum Gasteiger partial charge on any atom is 0.244 e. The zero-order chi connectivity index (χ0) is 17.5. The van der Waals surface area contributed by atoms with E-state index >= 15 is 0 Å². The summed E-state index contributed by atoms with van der Waals surface area (Å²) in [5.74, 6) is 2.28. The molecule has 0 radical (unpaired) electrons. The SMILES string of the molecule is C#C[C@H](O)[C@@]1(C)[C@@H](c2ccccc2)N1S(=O)(=O)c1ccc(C)cc1. The normalized spacial score (nSPS) is 27.2. The predicted octanol–water partition coefficient (Wildman–Crippen LogP) is 2.49. The molecule has 124 valence electrons. The van der Waals surface area contributed by atoms with Gasteiger partial charge >= 0.3 is 0 Å². The summed E-state index contributed by atoms with van der Waals surface area (Å²) in [4.78, 5) is 0.196. The number of hydrogen-bond donors (Lipinski definition) is 1. The van der Waals surface area contributed by atoms with Crippen molar-refractivity contribution in [2.24, 2.45) is 0 Å². The molecular weight excluding hydrogens is 322 g/mol. The van der Waals surface area contributed by atoms with Gasteiger partial charge in [-0.1, -0.05) is 53.9 Å². The smallest absolute Gasteiger partial charge is 0.244 e. The number of rotatable bonds is 4. The highest BCUT2D eigenvalue weighted by Gasteiger charge is 2.69. The van der Waals surface area contributed by atoms with Gasteiger partial charge in [0.25, 0.3) is 0 Å². The molecule has 1 unspecified atom stereocenters. The van der Waals surface area contributed by atoms with Crippen molar-refractivity contribution in [3.8, 4) is 12.3 Å². The molecule has 5 heteroatoms.